The number of H-pyrrole nitrogens is 1. The van der Waals surface area contributed by atoms with E-state index in [1.165, 1.54) is 18.4 Å². The summed E-state index contributed by atoms with van der Waals surface area (Å²) in [5.74, 6) is -0.407. The quantitative estimate of drug-likeness (QED) is 0.653. The first kappa shape index (κ1) is 18.9. The highest BCUT2D eigenvalue weighted by molar-refractivity contribution is 6.12. The van der Waals surface area contributed by atoms with Crippen LogP contribution in [-0.4, -0.2) is 47.1 Å². The first-order valence-corrected chi connectivity index (χ1v) is 9.92. The van der Waals surface area contributed by atoms with Crippen molar-refractivity contribution in [3.8, 4) is 0 Å². The second-order valence-electron chi connectivity index (χ2n) is 7.71. The molecule has 6 heteroatoms. The molecule has 2 aromatic heterocycles. The van der Waals surface area contributed by atoms with Crippen LogP contribution in [0.4, 0.5) is 0 Å². The second-order valence-corrected chi connectivity index (χ2v) is 7.71. The maximum absolute atomic E-state index is 12.7. The maximum atomic E-state index is 12.7. The molecule has 0 aliphatic carbocycles. The summed E-state index contributed by atoms with van der Waals surface area (Å²) in [5, 5.41) is 2.16. The van der Waals surface area contributed by atoms with Crippen molar-refractivity contribution < 1.29 is 14.3 Å². The summed E-state index contributed by atoms with van der Waals surface area (Å²) in [6.45, 7) is 7.16. The van der Waals surface area contributed by atoms with E-state index in [4.69, 9.17) is 9.47 Å². The number of hydrogen-bond donors (Lipinski definition) is 1. The molecule has 3 heterocycles. The normalized spacial score (nSPS) is 15.1. The molecule has 1 saturated heterocycles. The Morgan fingerprint density at radius 1 is 1.21 bits per heavy atom. The average Bonchev–Trinajstić information content (AvgIpc) is 3.29. The van der Waals surface area contributed by atoms with Gasteiger partial charge in [-0.2, -0.15) is 0 Å². The number of ether oxygens (including phenoxy) is 2. The van der Waals surface area contributed by atoms with Crippen molar-refractivity contribution in [1.82, 2.24) is 14.9 Å². The molecule has 1 aliphatic heterocycles. The van der Waals surface area contributed by atoms with Gasteiger partial charge in [0.15, 0.2) is 5.69 Å². The number of esters is 1. The molecular weight excluding hydrogens is 354 g/mol. The number of rotatable bonds is 6. The summed E-state index contributed by atoms with van der Waals surface area (Å²) in [6.07, 6.45) is 4.04. The highest BCUT2D eigenvalue weighted by Crippen LogP contribution is 2.33. The minimum absolute atomic E-state index is 0.200. The van der Waals surface area contributed by atoms with Gasteiger partial charge in [0, 0.05) is 35.5 Å². The maximum Gasteiger partial charge on any atom is 0.357 e. The lowest BCUT2D eigenvalue weighted by molar-refractivity contribution is 0.0366. The summed E-state index contributed by atoms with van der Waals surface area (Å²) < 4.78 is 10.9. The first-order valence-electron chi connectivity index (χ1n) is 9.92. The van der Waals surface area contributed by atoms with Crippen molar-refractivity contribution in [2.45, 2.75) is 45.9 Å². The molecule has 1 aromatic carbocycles. The molecule has 3 aromatic rings. The molecule has 1 fully saturated rings. The summed E-state index contributed by atoms with van der Waals surface area (Å²) in [6, 6.07) is 6.34. The fourth-order valence-electron chi connectivity index (χ4n) is 4.12. The molecule has 0 atom stereocenters. The number of pyridine rings is 1. The summed E-state index contributed by atoms with van der Waals surface area (Å²) in [5.41, 5.74) is 4.35. The highest BCUT2D eigenvalue weighted by atomic mass is 16.5. The molecular formula is C22H27N3O3. The zero-order chi connectivity index (χ0) is 19.7. The van der Waals surface area contributed by atoms with Gasteiger partial charge in [0.05, 0.1) is 24.4 Å². The molecule has 0 bridgehead atoms. The standard InChI is InChI=1S/C22H27N3O3/c1-14(2)28-22(26)21-16(13-27-3)20-18(11-23-21)24-17-8-6-7-15(19(17)20)12-25-9-4-5-10-25/h6-8,11,14,24H,4-5,9-10,12-13H2,1-3H3. The van der Waals surface area contributed by atoms with Crippen LogP contribution in [0.25, 0.3) is 21.8 Å². The molecule has 0 amide bonds. The summed E-state index contributed by atoms with van der Waals surface area (Å²) in [7, 11) is 1.64. The number of hydrogen-bond acceptors (Lipinski definition) is 5. The van der Waals surface area contributed by atoms with Crippen LogP contribution >= 0.6 is 0 Å². The predicted octanol–water partition coefficient (Wildman–Crippen LogP) is 4.02. The van der Waals surface area contributed by atoms with Crippen LogP contribution < -0.4 is 0 Å². The van der Waals surface area contributed by atoms with Crippen molar-refractivity contribution in [2.24, 2.45) is 0 Å². The Balaban J connectivity index is 1.91. The van der Waals surface area contributed by atoms with Crippen LogP contribution in [0.1, 0.15) is 48.3 Å². The van der Waals surface area contributed by atoms with Gasteiger partial charge in [0.2, 0.25) is 0 Å². The van der Waals surface area contributed by atoms with Crippen LogP contribution in [0, 0.1) is 0 Å². The Bertz CT molecular complexity index is 1000. The Hall–Kier alpha value is -2.44. The van der Waals surface area contributed by atoms with E-state index in [0.29, 0.717) is 12.3 Å². The number of aromatic amines is 1. The molecule has 0 saturated carbocycles. The number of carbonyl (C=O) groups excluding carboxylic acids is 1. The van der Waals surface area contributed by atoms with Gasteiger partial charge in [-0.15, -0.1) is 0 Å². The minimum Gasteiger partial charge on any atom is -0.458 e. The van der Waals surface area contributed by atoms with Crippen LogP contribution in [0.3, 0.4) is 0 Å². The van der Waals surface area contributed by atoms with Crippen molar-refractivity contribution >= 4 is 27.8 Å². The first-order chi connectivity index (χ1) is 13.6. The number of nitrogens with one attached hydrogen (secondary N) is 1. The van der Waals surface area contributed by atoms with Gasteiger partial charge in [0.1, 0.15) is 0 Å². The number of benzene rings is 1. The minimum atomic E-state index is -0.407. The van der Waals surface area contributed by atoms with E-state index in [9.17, 15) is 4.79 Å². The molecule has 0 radical (unpaired) electrons. The largest absolute Gasteiger partial charge is 0.458 e. The van der Waals surface area contributed by atoms with E-state index < -0.39 is 5.97 Å². The summed E-state index contributed by atoms with van der Waals surface area (Å²) in [4.78, 5) is 23.0. The van der Waals surface area contributed by atoms with Crippen molar-refractivity contribution in [3.63, 3.8) is 0 Å². The third kappa shape index (κ3) is 3.50. The third-order valence-corrected chi connectivity index (χ3v) is 5.27. The molecule has 0 unspecified atom stereocenters. The van der Waals surface area contributed by atoms with E-state index in [0.717, 1.165) is 47.0 Å². The van der Waals surface area contributed by atoms with E-state index in [2.05, 4.69) is 33.1 Å². The molecule has 0 spiro atoms. The number of nitrogens with zero attached hydrogens (tertiary/aromatic N) is 2. The summed E-state index contributed by atoms with van der Waals surface area (Å²) >= 11 is 0. The lowest BCUT2D eigenvalue weighted by Gasteiger charge is -2.16. The Morgan fingerprint density at radius 2 is 2.00 bits per heavy atom. The fourth-order valence-corrected chi connectivity index (χ4v) is 4.12. The van der Waals surface area contributed by atoms with Crippen LogP contribution in [0.15, 0.2) is 24.4 Å². The SMILES string of the molecule is COCc1c(C(=O)OC(C)C)ncc2[nH]c3cccc(CN4CCCC4)c3c12. The van der Waals surface area contributed by atoms with Gasteiger partial charge in [-0.3, -0.25) is 4.90 Å². The van der Waals surface area contributed by atoms with Gasteiger partial charge in [-0.05, 0) is 51.4 Å². The second kappa shape index (κ2) is 7.89. The predicted molar refractivity (Wildman–Crippen MR) is 109 cm³/mol. The van der Waals surface area contributed by atoms with Crippen LogP contribution in [-0.2, 0) is 22.6 Å². The molecule has 4 rings (SSSR count). The average molecular weight is 381 g/mol. The monoisotopic (exact) mass is 381 g/mol. The van der Waals surface area contributed by atoms with E-state index in [1.807, 2.05) is 13.8 Å². The van der Waals surface area contributed by atoms with E-state index >= 15 is 0 Å². The number of aromatic nitrogens is 2. The fraction of sp³-hybridized carbons (Fsp3) is 0.455. The zero-order valence-electron chi connectivity index (χ0n) is 16.7. The molecule has 148 valence electrons. The molecule has 1 aliphatic rings. The zero-order valence-corrected chi connectivity index (χ0v) is 16.7. The van der Waals surface area contributed by atoms with Gasteiger partial charge in [-0.1, -0.05) is 12.1 Å². The Labute approximate surface area is 164 Å². The number of likely N-dealkylation sites (tertiary alicyclic amines) is 1. The van der Waals surface area contributed by atoms with Crippen LogP contribution in [0.5, 0.6) is 0 Å². The van der Waals surface area contributed by atoms with Gasteiger partial charge < -0.3 is 14.5 Å². The van der Waals surface area contributed by atoms with Gasteiger partial charge in [0.25, 0.3) is 0 Å². The van der Waals surface area contributed by atoms with Crippen LogP contribution in [0.2, 0.25) is 0 Å². The Kier molecular flexibility index (Phi) is 5.33. The molecule has 1 N–H and O–H groups in total. The smallest absolute Gasteiger partial charge is 0.357 e. The van der Waals surface area contributed by atoms with Gasteiger partial charge in [-0.25, -0.2) is 9.78 Å². The number of methoxy groups -OCH3 is 1. The van der Waals surface area contributed by atoms with Crippen molar-refractivity contribution in [3.05, 3.63) is 41.2 Å². The molecule has 28 heavy (non-hydrogen) atoms. The lowest BCUT2D eigenvalue weighted by Crippen LogP contribution is -2.18. The molecule has 6 nitrogen and oxygen atoms in total. The topological polar surface area (TPSA) is 67.5 Å². The Morgan fingerprint density at radius 3 is 2.71 bits per heavy atom. The third-order valence-electron chi connectivity index (χ3n) is 5.27. The van der Waals surface area contributed by atoms with E-state index in [1.54, 1.807) is 13.3 Å². The van der Waals surface area contributed by atoms with Crippen molar-refractivity contribution in [2.75, 3.05) is 20.2 Å². The number of carbonyl (C=O) groups is 1. The van der Waals surface area contributed by atoms with Crippen molar-refractivity contribution in [1.29, 1.82) is 0 Å². The number of fused-ring (bicyclic) bond motifs is 3. The van der Waals surface area contributed by atoms with Gasteiger partial charge >= 0.3 is 5.97 Å². The lowest BCUT2D eigenvalue weighted by atomic mass is 10.0. The van der Waals surface area contributed by atoms with E-state index in [-0.39, 0.29) is 6.10 Å². The highest BCUT2D eigenvalue weighted by Gasteiger charge is 2.23.